The van der Waals surface area contributed by atoms with Crippen LogP contribution in [0, 0.1) is 19.7 Å². The minimum Gasteiger partial charge on any atom is -0.496 e. The van der Waals surface area contributed by atoms with Gasteiger partial charge in [0.2, 0.25) is 0 Å². The number of methoxy groups -OCH3 is 1. The molecule has 0 saturated carbocycles. The van der Waals surface area contributed by atoms with Crippen LogP contribution in [-0.4, -0.2) is 7.11 Å². The van der Waals surface area contributed by atoms with Crippen LogP contribution in [-0.2, 0) is 0 Å². The third-order valence-corrected chi connectivity index (χ3v) is 3.93. The smallest absolute Gasteiger partial charge is 0.137 e. The molecular formula is C16H17BrFNO. The van der Waals surface area contributed by atoms with E-state index in [-0.39, 0.29) is 11.9 Å². The predicted molar refractivity (Wildman–Crippen MR) is 82.6 cm³/mol. The number of nitrogens with two attached hydrogens (primary N) is 1. The number of hydrogen-bond acceptors (Lipinski definition) is 2. The van der Waals surface area contributed by atoms with Gasteiger partial charge in [0.15, 0.2) is 0 Å². The summed E-state index contributed by atoms with van der Waals surface area (Å²) in [5.41, 5.74) is 10.3. The average Bonchev–Trinajstić information content (AvgIpc) is 2.40. The summed E-state index contributed by atoms with van der Waals surface area (Å²) < 4.78 is 19.2. The van der Waals surface area contributed by atoms with Crippen LogP contribution in [0.1, 0.15) is 28.3 Å². The second-order valence-electron chi connectivity index (χ2n) is 4.85. The lowest BCUT2D eigenvalue weighted by Gasteiger charge is -2.20. The van der Waals surface area contributed by atoms with Crippen molar-refractivity contribution in [1.29, 1.82) is 0 Å². The van der Waals surface area contributed by atoms with Crippen LogP contribution < -0.4 is 10.5 Å². The highest BCUT2D eigenvalue weighted by molar-refractivity contribution is 9.10. The van der Waals surface area contributed by atoms with E-state index in [0.29, 0.717) is 4.47 Å². The highest BCUT2D eigenvalue weighted by Gasteiger charge is 2.18. The Morgan fingerprint density at radius 3 is 2.50 bits per heavy atom. The molecule has 2 N–H and O–H groups in total. The first-order valence-electron chi connectivity index (χ1n) is 6.29. The van der Waals surface area contributed by atoms with Gasteiger partial charge in [0, 0.05) is 5.56 Å². The van der Waals surface area contributed by atoms with E-state index in [9.17, 15) is 4.39 Å². The quantitative estimate of drug-likeness (QED) is 0.907. The molecule has 2 aromatic carbocycles. The summed E-state index contributed by atoms with van der Waals surface area (Å²) in [5, 5.41) is 0. The van der Waals surface area contributed by atoms with Crippen molar-refractivity contribution in [1.82, 2.24) is 0 Å². The van der Waals surface area contributed by atoms with Gasteiger partial charge in [0.25, 0.3) is 0 Å². The topological polar surface area (TPSA) is 35.2 Å². The van der Waals surface area contributed by atoms with Crippen molar-refractivity contribution < 1.29 is 9.13 Å². The Morgan fingerprint density at radius 2 is 1.90 bits per heavy atom. The largest absolute Gasteiger partial charge is 0.496 e. The van der Waals surface area contributed by atoms with Crippen LogP contribution in [0.3, 0.4) is 0 Å². The number of hydrogen-bond donors (Lipinski definition) is 1. The van der Waals surface area contributed by atoms with Gasteiger partial charge in [-0.1, -0.05) is 12.1 Å². The molecule has 0 amide bonds. The van der Waals surface area contributed by atoms with Crippen molar-refractivity contribution in [2.24, 2.45) is 5.73 Å². The number of rotatable bonds is 3. The van der Waals surface area contributed by atoms with E-state index >= 15 is 0 Å². The van der Waals surface area contributed by atoms with Crippen LogP contribution in [0.25, 0.3) is 0 Å². The van der Waals surface area contributed by atoms with E-state index in [2.05, 4.69) is 22.0 Å². The van der Waals surface area contributed by atoms with Crippen molar-refractivity contribution >= 4 is 15.9 Å². The minimum atomic E-state index is -0.359. The maximum atomic E-state index is 13.3. The highest BCUT2D eigenvalue weighted by Crippen LogP contribution is 2.33. The second kappa shape index (κ2) is 5.94. The molecule has 2 rings (SSSR count). The number of aryl methyl sites for hydroxylation is 2. The van der Waals surface area contributed by atoms with Crippen molar-refractivity contribution in [3.8, 4) is 5.75 Å². The van der Waals surface area contributed by atoms with Gasteiger partial charge in [0.05, 0.1) is 17.6 Å². The van der Waals surface area contributed by atoms with Gasteiger partial charge in [-0.2, -0.15) is 0 Å². The van der Waals surface area contributed by atoms with Gasteiger partial charge in [0.1, 0.15) is 11.6 Å². The molecule has 2 nitrogen and oxygen atoms in total. The zero-order valence-corrected chi connectivity index (χ0v) is 13.3. The Balaban J connectivity index is 2.52. The molecule has 0 fully saturated rings. The molecule has 0 radical (unpaired) electrons. The van der Waals surface area contributed by atoms with E-state index in [1.54, 1.807) is 19.2 Å². The number of ether oxygens (including phenoxy) is 1. The fraction of sp³-hybridized carbons (Fsp3) is 0.250. The van der Waals surface area contributed by atoms with E-state index in [1.165, 1.54) is 6.07 Å². The maximum Gasteiger partial charge on any atom is 0.137 e. The zero-order chi connectivity index (χ0) is 14.9. The molecule has 0 spiro atoms. The Hall–Kier alpha value is -1.39. The van der Waals surface area contributed by atoms with Crippen molar-refractivity contribution in [3.63, 3.8) is 0 Å². The van der Waals surface area contributed by atoms with E-state index in [0.717, 1.165) is 28.0 Å². The lowest BCUT2D eigenvalue weighted by molar-refractivity contribution is 0.407. The molecule has 1 atom stereocenters. The van der Waals surface area contributed by atoms with E-state index in [4.69, 9.17) is 10.5 Å². The van der Waals surface area contributed by atoms with Crippen molar-refractivity contribution in [3.05, 3.63) is 62.9 Å². The molecular weight excluding hydrogens is 321 g/mol. The second-order valence-corrected chi connectivity index (χ2v) is 5.70. The summed E-state index contributed by atoms with van der Waals surface area (Å²) in [6.07, 6.45) is 0. The van der Waals surface area contributed by atoms with Crippen LogP contribution in [0.15, 0.2) is 34.8 Å². The monoisotopic (exact) mass is 337 g/mol. The molecule has 2 aromatic rings. The van der Waals surface area contributed by atoms with Gasteiger partial charge in [-0.05, 0) is 64.7 Å². The molecule has 0 aliphatic rings. The minimum absolute atomic E-state index is 0.298. The normalized spacial score (nSPS) is 12.3. The Bertz CT molecular complexity index is 643. The van der Waals surface area contributed by atoms with Crippen LogP contribution in [0.2, 0.25) is 0 Å². The van der Waals surface area contributed by atoms with Gasteiger partial charge in [-0.25, -0.2) is 4.39 Å². The third-order valence-electron chi connectivity index (χ3n) is 3.33. The molecule has 0 aromatic heterocycles. The molecule has 0 aliphatic heterocycles. The van der Waals surface area contributed by atoms with Crippen molar-refractivity contribution in [2.75, 3.05) is 7.11 Å². The number of halogens is 2. The molecule has 106 valence electrons. The van der Waals surface area contributed by atoms with Crippen LogP contribution in [0.4, 0.5) is 4.39 Å². The SMILES string of the molecule is COc1cc(C)cc(C)c1C(N)c1ccc(F)c(Br)c1. The fourth-order valence-electron chi connectivity index (χ4n) is 2.38. The molecule has 0 aliphatic carbocycles. The Kier molecular flexibility index (Phi) is 4.45. The summed E-state index contributed by atoms with van der Waals surface area (Å²) >= 11 is 3.19. The highest BCUT2D eigenvalue weighted by atomic mass is 79.9. The Morgan fingerprint density at radius 1 is 1.20 bits per heavy atom. The summed E-state index contributed by atoms with van der Waals surface area (Å²) in [5.74, 6) is 0.462. The van der Waals surface area contributed by atoms with E-state index in [1.807, 2.05) is 19.9 Å². The zero-order valence-electron chi connectivity index (χ0n) is 11.7. The predicted octanol–water partition coefficient (Wildman–Crippen LogP) is 4.26. The molecule has 1 unspecified atom stereocenters. The van der Waals surface area contributed by atoms with Gasteiger partial charge >= 0.3 is 0 Å². The molecule has 0 saturated heterocycles. The standard InChI is InChI=1S/C16H17BrFNO/c1-9-6-10(2)15(14(7-9)20-3)16(19)11-4-5-13(18)12(17)8-11/h4-8,16H,19H2,1-3H3. The lowest BCUT2D eigenvalue weighted by Crippen LogP contribution is -2.15. The molecule has 0 bridgehead atoms. The maximum absolute atomic E-state index is 13.3. The molecule has 0 heterocycles. The average molecular weight is 338 g/mol. The summed E-state index contributed by atoms with van der Waals surface area (Å²) in [7, 11) is 1.63. The number of benzene rings is 2. The summed E-state index contributed by atoms with van der Waals surface area (Å²) in [6.45, 7) is 4.02. The fourth-order valence-corrected chi connectivity index (χ4v) is 2.78. The first kappa shape index (κ1) is 15.0. The molecule has 20 heavy (non-hydrogen) atoms. The third kappa shape index (κ3) is 2.86. The summed E-state index contributed by atoms with van der Waals surface area (Å²) in [6, 6.07) is 8.48. The van der Waals surface area contributed by atoms with E-state index < -0.39 is 0 Å². The first-order chi connectivity index (χ1) is 9.43. The lowest BCUT2D eigenvalue weighted by atomic mass is 9.93. The van der Waals surface area contributed by atoms with Crippen molar-refractivity contribution in [2.45, 2.75) is 19.9 Å². The summed E-state index contributed by atoms with van der Waals surface area (Å²) in [4.78, 5) is 0. The van der Waals surface area contributed by atoms with Gasteiger partial charge in [-0.3, -0.25) is 0 Å². The van der Waals surface area contributed by atoms with Gasteiger partial charge in [-0.15, -0.1) is 0 Å². The van der Waals surface area contributed by atoms with Gasteiger partial charge < -0.3 is 10.5 Å². The first-order valence-corrected chi connectivity index (χ1v) is 7.09. The van der Waals surface area contributed by atoms with Crippen LogP contribution in [0.5, 0.6) is 5.75 Å². The van der Waals surface area contributed by atoms with Crippen LogP contribution >= 0.6 is 15.9 Å². The Labute approximate surface area is 126 Å². The molecule has 4 heteroatoms.